The van der Waals surface area contributed by atoms with Gasteiger partial charge >= 0.3 is 5.97 Å². The van der Waals surface area contributed by atoms with E-state index in [-0.39, 0.29) is 12.5 Å². The Hall–Kier alpha value is -1.41. The minimum atomic E-state index is -1.09. The Bertz CT molecular complexity index is 531. The van der Waals surface area contributed by atoms with Gasteiger partial charge in [-0.05, 0) is 35.0 Å². The van der Waals surface area contributed by atoms with Crippen LogP contribution in [-0.4, -0.2) is 59.4 Å². The van der Waals surface area contributed by atoms with E-state index in [1.165, 1.54) is 37.3 Å². The van der Waals surface area contributed by atoms with Crippen LogP contribution in [0.3, 0.4) is 0 Å². The molecule has 0 fully saturated rings. The van der Waals surface area contributed by atoms with Gasteiger partial charge in [-0.1, -0.05) is 0 Å². The van der Waals surface area contributed by atoms with Crippen molar-refractivity contribution >= 4 is 45.1 Å². The molecule has 0 aliphatic rings. The highest BCUT2D eigenvalue weighted by Crippen LogP contribution is 2.23. The third kappa shape index (κ3) is 4.04. The standard InChI is InChI=1S/C12H15BrN2O4S/c1-7(12(18)19)15(3)10(16)6-14(2)11(17)8-4-5-9(13)20-8/h4-5,7H,6H2,1-3H3,(H,18,19). The van der Waals surface area contributed by atoms with E-state index >= 15 is 0 Å². The summed E-state index contributed by atoms with van der Waals surface area (Å²) in [6.07, 6.45) is 0. The molecular weight excluding hydrogens is 348 g/mol. The molecule has 1 atom stereocenters. The van der Waals surface area contributed by atoms with E-state index in [1.54, 1.807) is 12.1 Å². The van der Waals surface area contributed by atoms with Gasteiger partial charge in [-0.25, -0.2) is 4.79 Å². The molecule has 8 heteroatoms. The smallest absolute Gasteiger partial charge is 0.326 e. The first-order valence-corrected chi connectivity index (χ1v) is 7.34. The lowest BCUT2D eigenvalue weighted by Crippen LogP contribution is -2.45. The molecule has 0 aliphatic carbocycles. The van der Waals surface area contributed by atoms with E-state index in [0.717, 1.165) is 8.69 Å². The number of nitrogens with zero attached hydrogens (tertiary/aromatic N) is 2. The molecule has 2 amide bonds. The third-order valence-corrected chi connectivity index (χ3v) is 4.45. The molecule has 0 aromatic carbocycles. The first-order valence-electron chi connectivity index (χ1n) is 5.73. The van der Waals surface area contributed by atoms with Crippen molar-refractivity contribution in [3.63, 3.8) is 0 Å². The van der Waals surface area contributed by atoms with Gasteiger partial charge in [0.1, 0.15) is 6.04 Å². The van der Waals surface area contributed by atoms with Crippen molar-refractivity contribution in [3.05, 3.63) is 20.8 Å². The second kappa shape index (κ2) is 6.85. The molecule has 1 heterocycles. The zero-order valence-corrected chi connectivity index (χ0v) is 13.7. The molecule has 0 saturated carbocycles. The summed E-state index contributed by atoms with van der Waals surface area (Å²) in [4.78, 5) is 37.7. The number of amides is 2. The Morgan fingerprint density at radius 3 is 2.40 bits per heavy atom. The van der Waals surface area contributed by atoms with Gasteiger partial charge in [0.05, 0.1) is 15.2 Å². The zero-order valence-electron chi connectivity index (χ0n) is 11.3. The van der Waals surface area contributed by atoms with E-state index < -0.39 is 17.9 Å². The van der Waals surface area contributed by atoms with Crippen molar-refractivity contribution in [2.24, 2.45) is 0 Å². The molecule has 1 N–H and O–H groups in total. The maximum absolute atomic E-state index is 12.0. The summed E-state index contributed by atoms with van der Waals surface area (Å²) in [5.74, 6) is -1.78. The molecule has 0 saturated heterocycles. The first kappa shape index (κ1) is 16.6. The molecular formula is C12H15BrN2O4S. The van der Waals surface area contributed by atoms with Crippen LogP contribution in [0.5, 0.6) is 0 Å². The number of hydrogen-bond acceptors (Lipinski definition) is 4. The van der Waals surface area contributed by atoms with E-state index in [0.29, 0.717) is 4.88 Å². The molecule has 1 unspecified atom stereocenters. The van der Waals surface area contributed by atoms with Crippen LogP contribution in [0.2, 0.25) is 0 Å². The average molecular weight is 363 g/mol. The van der Waals surface area contributed by atoms with Gasteiger partial charge in [-0.2, -0.15) is 0 Å². The van der Waals surface area contributed by atoms with E-state index in [2.05, 4.69) is 15.9 Å². The summed E-state index contributed by atoms with van der Waals surface area (Å²) in [7, 11) is 2.91. The van der Waals surface area contributed by atoms with E-state index in [1.807, 2.05) is 0 Å². The first-order chi connectivity index (χ1) is 9.23. The molecule has 110 valence electrons. The molecule has 20 heavy (non-hydrogen) atoms. The lowest BCUT2D eigenvalue weighted by atomic mass is 10.3. The monoisotopic (exact) mass is 362 g/mol. The summed E-state index contributed by atoms with van der Waals surface area (Å²) in [6, 6.07) is 2.50. The molecule has 0 spiro atoms. The Labute approximate surface area is 129 Å². The molecule has 0 bridgehead atoms. The van der Waals surface area contributed by atoms with E-state index in [9.17, 15) is 14.4 Å². The number of carbonyl (C=O) groups excluding carboxylic acids is 2. The van der Waals surface area contributed by atoms with Gasteiger partial charge in [0.25, 0.3) is 5.91 Å². The van der Waals surface area contributed by atoms with E-state index in [4.69, 9.17) is 5.11 Å². The number of thiophene rings is 1. The van der Waals surface area contributed by atoms with Crippen molar-refractivity contribution < 1.29 is 19.5 Å². The largest absolute Gasteiger partial charge is 0.480 e. The predicted octanol–water partition coefficient (Wildman–Crippen LogP) is 1.51. The fourth-order valence-corrected chi connectivity index (χ4v) is 2.77. The second-order valence-electron chi connectivity index (χ2n) is 4.28. The number of carboxylic acid groups (broad SMARTS) is 1. The topological polar surface area (TPSA) is 77.9 Å². The normalized spacial score (nSPS) is 11.8. The number of likely N-dealkylation sites (N-methyl/N-ethyl adjacent to an activating group) is 2. The second-order valence-corrected chi connectivity index (χ2v) is 6.75. The quantitative estimate of drug-likeness (QED) is 0.860. The van der Waals surface area contributed by atoms with Gasteiger partial charge in [0.15, 0.2) is 0 Å². The number of rotatable bonds is 5. The fraction of sp³-hybridized carbons (Fsp3) is 0.417. The third-order valence-electron chi connectivity index (χ3n) is 2.83. The maximum Gasteiger partial charge on any atom is 0.326 e. The number of halogens is 1. The summed E-state index contributed by atoms with van der Waals surface area (Å²) in [5.41, 5.74) is 0. The van der Waals surface area contributed by atoms with Gasteiger partial charge in [-0.3, -0.25) is 9.59 Å². The lowest BCUT2D eigenvalue weighted by molar-refractivity contribution is -0.148. The van der Waals surface area contributed by atoms with Crippen LogP contribution in [-0.2, 0) is 9.59 Å². The highest BCUT2D eigenvalue weighted by atomic mass is 79.9. The molecule has 1 aromatic heterocycles. The Morgan fingerprint density at radius 1 is 1.35 bits per heavy atom. The van der Waals surface area contributed by atoms with Gasteiger partial charge < -0.3 is 14.9 Å². The highest BCUT2D eigenvalue weighted by molar-refractivity contribution is 9.11. The molecule has 0 radical (unpaired) electrons. The van der Waals surface area contributed by atoms with Crippen LogP contribution in [0.25, 0.3) is 0 Å². The number of hydrogen-bond donors (Lipinski definition) is 1. The lowest BCUT2D eigenvalue weighted by Gasteiger charge is -2.24. The van der Waals surface area contributed by atoms with Gasteiger partial charge in [0, 0.05) is 14.1 Å². The van der Waals surface area contributed by atoms with Crippen LogP contribution in [0.1, 0.15) is 16.6 Å². The average Bonchev–Trinajstić information content (AvgIpc) is 2.82. The molecule has 6 nitrogen and oxygen atoms in total. The highest BCUT2D eigenvalue weighted by Gasteiger charge is 2.24. The van der Waals surface area contributed by atoms with Crippen LogP contribution in [0, 0.1) is 0 Å². The van der Waals surface area contributed by atoms with Crippen molar-refractivity contribution in [1.82, 2.24) is 9.80 Å². The van der Waals surface area contributed by atoms with Crippen molar-refractivity contribution in [1.29, 1.82) is 0 Å². The summed E-state index contributed by atoms with van der Waals surface area (Å²) in [6.45, 7) is 1.25. The maximum atomic E-state index is 12.0. The zero-order chi connectivity index (χ0) is 15.4. The van der Waals surface area contributed by atoms with Gasteiger partial charge in [0.2, 0.25) is 5.91 Å². The van der Waals surface area contributed by atoms with Crippen LogP contribution < -0.4 is 0 Å². The summed E-state index contributed by atoms with van der Waals surface area (Å²) < 4.78 is 0.831. The molecule has 1 rings (SSSR count). The predicted molar refractivity (Wildman–Crippen MR) is 78.8 cm³/mol. The Morgan fingerprint density at radius 2 is 1.95 bits per heavy atom. The fourth-order valence-electron chi connectivity index (χ4n) is 1.39. The number of carbonyl (C=O) groups is 3. The van der Waals surface area contributed by atoms with Gasteiger partial charge in [-0.15, -0.1) is 11.3 Å². The van der Waals surface area contributed by atoms with Crippen LogP contribution in [0.15, 0.2) is 15.9 Å². The Kier molecular flexibility index (Phi) is 5.70. The minimum absolute atomic E-state index is 0.164. The van der Waals surface area contributed by atoms with Crippen molar-refractivity contribution in [2.75, 3.05) is 20.6 Å². The van der Waals surface area contributed by atoms with Crippen LogP contribution in [0.4, 0.5) is 0 Å². The number of carboxylic acids is 1. The molecule has 1 aromatic rings. The van der Waals surface area contributed by atoms with Crippen molar-refractivity contribution in [2.45, 2.75) is 13.0 Å². The number of aliphatic carboxylic acids is 1. The summed E-state index contributed by atoms with van der Waals surface area (Å²) >= 11 is 4.54. The summed E-state index contributed by atoms with van der Waals surface area (Å²) in [5, 5.41) is 8.85. The van der Waals surface area contributed by atoms with Crippen LogP contribution >= 0.6 is 27.3 Å². The Balaban J connectivity index is 2.66. The molecule has 0 aliphatic heterocycles. The minimum Gasteiger partial charge on any atom is -0.480 e. The SMILES string of the molecule is CC(C(=O)O)N(C)C(=O)CN(C)C(=O)c1ccc(Br)s1. The van der Waals surface area contributed by atoms with Crippen molar-refractivity contribution in [3.8, 4) is 0 Å².